The van der Waals surface area contributed by atoms with Crippen molar-refractivity contribution in [3.63, 3.8) is 0 Å². The van der Waals surface area contributed by atoms with Crippen molar-refractivity contribution in [3.05, 3.63) is 47.0 Å². The maximum absolute atomic E-state index is 12.1. The van der Waals surface area contributed by atoms with Crippen LogP contribution in [0.15, 0.2) is 41.3 Å². The van der Waals surface area contributed by atoms with E-state index in [1.165, 1.54) is 12.1 Å². The molecule has 0 saturated carbocycles. The number of fused-ring (bicyclic) bond motifs is 1. The smallest absolute Gasteiger partial charge is 0.338 e. The van der Waals surface area contributed by atoms with Crippen LogP contribution in [0.1, 0.15) is 16.8 Å². The molecule has 1 aliphatic heterocycles. The Labute approximate surface area is 171 Å². The summed E-state index contributed by atoms with van der Waals surface area (Å²) in [5.74, 6) is -0.400. The number of hydrogen-bond acceptors (Lipinski definition) is 7. The average Bonchev–Trinajstić information content (AvgIpc) is 2.90. The third-order valence-electron chi connectivity index (χ3n) is 3.84. The van der Waals surface area contributed by atoms with Crippen LogP contribution in [0.25, 0.3) is 0 Å². The number of anilines is 1. The first kappa shape index (κ1) is 20.9. The van der Waals surface area contributed by atoms with E-state index < -0.39 is 33.4 Å². The van der Waals surface area contributed by atoms with Gasteiger partial charge in [0.2, 0.25) is 10.0 Å². The van der Waals surface area contributed by atoms with Crippen molar-refractivity contribution in [1.82, 2.24) is 0 Å². The highest BCUT2D eigenvalue weighted by molar-refractivity contribution is 7.89. The highest BCUT2D eigenvalue weighted by Crippen LogP contribution is 2.32. The molecular formula is C18H17ClN2O7S. The van der Waals surface area contributed by atoms with Gasteiger partial charge in [-0.1, -0.05) is 11.6 Å². The van der Waals surface area contributed by atoms with E-state index in [4.69, 9.17) is 31.0 Å². The number of benzene rings is 2. The van der Waals surface area contributed by atoms with Crippen molar-refractivity contribution in [1.29, 1.82) is 0 Å². The molecule has 2 aromatic carbocycles. The fourth-order valence-corrected chi connectivity index (χ4v) is 3.57. The summed E-state index contributed by atoms with van der Waals surface area (Å²) in [6, 6.07) is 8.37. The van der Waals surface area contributed by atoms with Crippen LogP contribution in [0.3, 0.4) is 0 Å². The zero-order valence-electron chi connectivity index (χ0n) is 15.0. The molecule has 0 radical (unpaired) electrons. The number of ether oxygens (including phenoxy) is 3. The summed E-state index contributed by atoms with van der Waals surface area (Å²) in [7, 11) is -4.11. The molecule has 0 aromatic heterocycles. The molecule has 29 heavy (non-hydrogen) atoms. The van der Waals surface area contributed by atoms with E-state index in [2.05, 4.69) is 5.32 Å². The monoisotopic (exact) mass is 440 g/mol. The Morgan fingerprint density at radius 1 is 1.10 bits per heavy atom. The van der Waals surface area contributed by atoms with Crippen LogP contribution in [-0.2, 0) is 19.6 Å². The molecule has 0 saturated heterocycles. The van der Waals surface area contributed by atoms with Gasteiger partial charge in [0.05, 0.1) is 23.8 Å². The first-order valence-corrected chi connectivity index (χ1v) is 10.4. The fraction of sp³-hybridized carbons (Fsp3) is 0.222. The molecule has 3 N–H and O–H groups in total. The SMILES string of the molecule is NS(=O)(=O)c1cc(C(=O)OCC(=O)Nc2ccc3c(c2)OCCCO3)ccc1Cl. The maximum atomic E-state index is 12.1. The van der Waals surface area contributed by atoms with Gasteiger partial charge in [0.25, 0.3) is 5.91 Å². The molecule has 0 aliphatic carbocycles. The largest absolute Gasteiger partial charge is 0.490 e. The lowest BCUT2D eigenvalue weighted by Crippen LogP contribution is -2.21. The normalized spacial score (nSPS) is 13.3. The second-order valence-electron chi connectivity index (χ2n) is 6.03. The minimum absolute atomic E-state index is 0.109. The van der Waals surface area contributed by atoms with Gasteiger partial charge in [-0.2, -0.15) is 0 Å². The number of halogens is 1. The third-order valence-corrected chi connectivity index (χ3v) is 5.23. The maximum Gasteiger partial charge on any atom is 0.338 e. The van der Waals surface area contributed by atoms with Gasteiger partial charge in [-0.3, -0.25) is 4.79 Å². The van der Waals surface area contributed by atoms with Crippen molar-refractivity contribution >= 4 is 39.2 Å². The van der Waals surface area contributed by atoms with Gasteiger partial charge in [-0.15, -0.1) is 0 Å². The summed E-state index contributed by atoms with van der Waals surface area (Å²) in [4.78, 5) is 23.8. The zero-order chi connectivity index (χ0) is 21.0. The Balaban J connectivity index is 1.61. The number of rotatable bonds is 5. The molecule has 0 unspecified atom stereocenters. The molecule has 1 aliphatic rings. The molecule has 1 amide bonds. The molecule has 1 heterocycles. The number of esters is 1. The van der Waals surface area contributed by atoms with E-state index in [0.29, 0.717) is 30.4 Å². The summed E-state index contributed by atoms with van der Waals surface area (Å²) in [5.41, 5.74) is 0.333. The highest BCUT2D eigenvalue weighted by atomic mass is 35.5. The molecule has 11 heteroatoms. The molecular weight excluding hydrogens is 424 g/mol. The van der Waals surface area contributed by atoms with Gasteiger partial charge in [-0.25, -0.2) is 18.4 Å². The van der Waals surface area contributed by atoms with E-state index in [0.717, 1.165) is 12.5 Å². The number of nitrogens with one attached hydrogen (secondary N) is 1. The van der Waals surface area contributed by atoms with E-state index in [1.54, 1.807) is 18.2 Å². The van der Waals surface area contributed by atoms with Crippen molar-refractivity contribution < 1.29 is 32.2 Å². The second kappa shape index (κ2) is 8.68. The molecule has 0 atom stereocenters. The first-order chi connectivity index (χ1) is 13.7. The summed E-state index contributed by atoms with van der Waals surface area (Å²) < 4.78 is 38.9. The molecule has 9 nitrogen and oxygen atoms in total. The third kappa shape index (κ3) is 5.37. The Kier molecular flexibility index (Phi) is 6.26. The van der Waals surface area contributed by atoms with Gasteiger partial charge in [0.1, 0.15) is 4.90 Å². The predicted molar refractivity (Wildman–Crippen MR) is 104 cm³/mol. The van der Waals surface area contributed by atoms with E-state index in [9.17, 15) is 18.0 Å². The standard InChI is InChI=1S/C18H17ClN2O7S/c19-13-4-2-11(8-16(13)29(20,24)25)18(23)28-10-17(22)21-12-3-5-14-15(9-12)27-7-1-6-26-14/h2-5,8-9H,1,6-7,10H2,(H,21,22)(H2,20,24,25). The quantitative estimate of drug-likeness (QED) is 0.678. The highest BCUT2D eigenvalue weighted by Gasteiger charge is 2.18. The van der Waals surface area contributed by atoms with Crippen LogP contribution in [0.2, 0.25) is 5.02 Å². The lowest BCUT2D eigenvalue weighted by Gasteiger charge is -2.11. The minimum atomic E-state index is -4.11. The van der Waals surface area contributed by atoms with Crippen LogP contribution in [0.5, 0.6) is 11.5 Å². The topological polar surface area (TPSA) is 134 Å². The molecule has 3 rings (SSSR count). The second-order valence-corrected chi connectivity index (χ2v) is 7.96. The Morgan fingerprint density at radius 2 is 1.83 bits per heavy atom. The minimum Gasteiger partial charge on any atom is -0.490 e. The average molecular weight is 441 g/mol. The number of carbonyl (C=O) groups excluding carboxylic acids is 2. The lowest BCUT2D eigenvalue weighted by atomic mass is 10.2. The number of carbonyl (C=O) groups is 2. The predicted octanol–water partition coefficient (Wildman–Crippen LogP) is 1.94. The van der Waals surface area contributed by atoms with Gasteiger partial charge >= 0.3 is 5.97 Å². The van der Waals surface area contributed by atoms with Crippen molar-refractivity contribution in [2.45, 2.75) is 11.3 Å². The Hall–Kier alpha value is -2.82. The van der Waals surface area contributed by atoms with Gasteiger partial charge in [0.15, 0.2) is 18.1 Å². The van der Waals surface area contributed by atoms with Crippen molar-refractivity contribution in [2.75, 3.05) is 25.1 Å². The van der Waals surface area contributed by atoms with Crippen molar-refractivity contribution in [3.8, 4) is 11.5 Å². The number of sulfonamides is 1. The number of nitrogens with two attached hydrogens (primary N) is 1. The molecule has 154 valence electrons. The van der Waals surface area contributed by atoms with Crippen LogP contribution < -0.4 is 19.9 Å². The number of amides is 1. The summed E-state index contributed by atoms with van der Waals surface area (Å²) in [6.45, 7) is 0.469. The Bertz CT molecular complexity index is 1060. The number of hydrogen-bond donors (Lipinski definition) is 2. The molecule has 0 bridgehead atoms. The van der Waals surface area contributed by atoms with Crippen LogP contribution in [0.4, 0.5) is 5.69 Å². The molecule has 0 fully saturated rings. The van der Waals surface area contributed by atoms with E-state index in [-0.39, 0.29) is 10.6 Å². The molecule has 2 aromatic rings. The van der Waals surface area contributed by atoms with Gasteiger partial charge in [0, 0.05) is 18.2 Å². The first-order valence-electron chi connectivity index (χ1n) is 8.43. The molecule has 0 spiro atoms. The summed E-state index contributed by atoms with van der Waals surface area (Å²) >= 11 is 5.77. The summed E-state index contributed by atoms with van der Waals surface area (Å²) in [6.07, 6.45) is 0.754. The Morgan fingerprint density at radius 3 is 2.55 bits per heavy atom. The summed E-state index contributed by atoms with van der Waals surface area (Å²) in [5, 5.41) is 7.49. The van der Waals surface area contributed by atoms with Crippen LogP contribution >= 0.6 is 11.6 Å². The van der Waals surface area contributed by atoms with E-state index >= 15 is 0 Å². The van der Waals surface area contributed by atoms with Crippen LogP contribution in [0, 0.1) is 0 Å². The van der Waals surface area contributed by atoms with Gasteiger partial charge < -0.3 is 19.5 Å². The van der Waals surface area contributed by atoms with Crippen LogP contribution in [-0.4, -0.2) is 40.1 Å². The number of primary sulfonamides is 1. The van der Waals surface area contributed by atoms with E-state index in [1.807, 2.05) is 0 Å². The van der Waals surface area contributed by atoms with Crippen molar-refractivity contribution in [2.24, 2.45) is 5.14 Å². The fourth-order valence-electron chi connectivity index (χ4n) is 2.50. The zero-order valence-corrected chi connectivity index (χ0v) is 16.6. The lowest BCUT2D eigenvalue weighted by molar-refractivity contribution is -0.119. The van der Waals surface area contributed by atoms with Gasteiger partial charge in [-0.05, 0) is 30.3 Å².